The minimum atomic E-state index is -4.41. The predicted octanol–water partition coefficient (Wildman–Crippen LogP) is 2.76. The molecule has 0 bridgehead atoms. The van der Waals surface area contributed by atoms with Gasteiger partial charge in [-0.2, -0.15) is 13.2 Å². The summed E-state index contributed by atoms with van der Waals surface area (Å²) in [4.78, 5) is 16.1. The topological polar surface area (TPSA) is 35.6 Å². The zero-order valence-electron chi connectivity index (χ0n) is 13.8. The first-order valence-corrected chi connectivity index (χ1v) is 8.80. The quantitative estimate of drug-likeness (QED) is 0.882. The van der Waals surface area contributed by atoms with Crippen molar-refractivity contribution in [2.45, 2.75) is 31.6 Å². The number of carbonyl (C=O) groups is 1. The number of alkyl halides is 3. The second-order valence-electron chi connectivity index (χ2n) is 6.64. The third-order valence-corrected chi connectivity index (χ3v) is 4.96. The lowest BCUT2D eigenvalue weighted by molar-refractivity contribution is -0.138. The van der Waals surface area contributed by atoms with Gasteiger partial charge in [-0.3, -0.25) is 9.69 Å². The fraction of sp³-hybridized carbons (Fsp3) is 0.588. The number of likely N-dealkylation sites (tertiary alicyclic amines) is 1. The van der Waals surface area contributed by atoms with Crippen LogP contribution in [0.15, 0.2) is 18.2 Å². The van der Waals surface area contributed by atoms with Crippen molar-refractivity contribution in [2.75, 3.05) is 32.7 Å². The SMILES string of the molecule is O=C1CNCCN1C1CCCN(Cc2cc(Cl)cc(C(F)(F)F)c2)C1. The van der Waals surface area contributed by atoms with Crippen molar-refractivity contribution >= 4 is 17.5 Å². The molecule has 3 rings (SSSR count). The van der Waals surface area contributed by atoms with Gasteiger partial charge < -0.3 is 10.2 Å². The molecule has 8 heteroatoms. The zero-order chi connectivity index (χ0) is 18.0. The number of nitrogens with zero attached hydrogens (tertiary/aromatic N) is 2. The fourth-order valence-electron chi connectivity index (χ4n) is 3.60. The van der Waals surface area contributed by atoms with Gasteiger partial charge in [0, 0.05) is 37.2 Å². The van der Waals surface area contributed by atoms with Crippen LogP contribution >= 0.6 is 11.6 Å². The number of halogens is 4. The molecule has 25 heavy (non-hydrogen) atoms. The Kier molecular flexibility index (Phi) is 5.55. The molecule has 1 amide bonds. The van der Waals surface area contributed by atoms with Gasteiger partial charge in [-0.25, -0.2) is 0 Å². The van der Waals surface area contributed by atoms with Crippen molar-refractivity contribution in [1.82, 2.24) is 15.1 Å². The third-order valence-electron chi connectivity index (χ3n) is 4.74. The van der Waals surface area contributed by atoms with E-state index >= 15 is 0 Å². The molecule has 2 saturated heterocycles. The van der Waals surface area contributed by atoms with Gasteiger partial charge in [-0.15, -0.1) is 0 Å². The maximum atomic E-state index is 13.0. The smallest absolute Gasteiger partial charge is 0.336 e. The third kappa shape index (κ3) is 4.65. The lowest BCUT2D eigenvalue weighted by atomic mass is 10.0. The van der Waals surface area contributed by atoms with Crippen molar-refractivity contribution in [3.05, 3.63) is 34.3 Å². The molecular formula is C17H21ClF3N3O. The van der Waals surface area contributed by atoms with E-state index in [-0.39, 0.29) is 17.0 Å². The summed E-state index contributed by atoms with van der Waals surface area (Å²) < 4.78 is 38.9. The summed E-state index contributed by atoms with van der Waals surface area (Å²) in [5, 5.41) is 3.15. The first-order valence-electron chi connectivity index (χ1n) is 8.42. The second-order valence-corrected chi connectivity index (χ2v) is 7.08. The molecule has 2 aliphatic heterocycles. The molecule has 2 aliphatic rings. The minimum absolute atomic E-state index is 0.0932. The summed E-state index contributed by atoms with van der Waals surface area (Å²) in [6.45, 7) is 3.72. The molecule has 1 unspecified atom stereocenters. The Hall–Kier alpha value is -1.31. The van der Waals surface area contributed by atoms with E-state index in [0.717, 1.165) is 38.1 Å². The van der Waals surface area contributed by atoms with Crippen LogP contribution in [0.1, 0.15) is 24.0 Å². The highest BCUT2D eigenvalue weighted by Gasteiger charge is 2.32. The Morgan fingerprint density at radius 1 is 1.24 bits per heavy atom. The van der Waals surface area contributed by atoms with E-state index < -0.39 is 11.7 Å². The van der Waals surface area contributed by atoms with Crippen molar-refractivity contribution in [1.29, 1.82) is 0 Å². The van der Waals surface area contributed by atoms with E-state index in [2.05, 4.69) is 10.2 Å². The van der Waals surface area contributed by atoms with Crippen LogP contribution in [-0.4, -0.2) is 54.5 Å². The van der Waals surface area contributed by atoms with E-state index in [0.29, 0.717) is 31.7 Å². The Labute approximate surface area is 149 Å². The van der Waals surface area contributed by atoms with Gasteiger partial charge in [0.25, 0.3) is 0 Å². The van der Waals surface area contributed by atoms with Gasteiger partial charge in [0.05, 0.1) is 12.1 Å². The van der Waals surface area contributed by atoms with Crippen molar-refractivity contribution in [3.63, 3.8) is 0 Å². The van der Waals surface area contributed by atoms with Gasteiger partial charge in [0.15, 0.2) is 0 Å². The number of piperidine rings is 1. The van der Waals surface area contributed by atoms with Gasteiger partial charge in [0.2, 0.25) is 5.91 Å². The first-order chi connectivity index (χ1) is 11.8. The molecule has 2 fully saturated rings. The molecule has 138 valence electrons. The Bertz CT molecular complexity index is 638. The molecule has 0 aliphatic carbocycles. The highest BCUT2D eigenvalue weighted by atomic mass is 35.5. The lowest BCUT2D eigenvalue weighted by Gasteiger charge is -2.41. The monoisotopic (exact) mass is 375 g/mol. The summed E-state index contributed by atoms with van der Waals surface area (Å²) in [5.41, 5.74) is -0.173. The van der Waals surface area contributed by atoms with Crippen LogP contribution in [0.25, 0.3) is 0 Å². The maximum absolute atomic E-state index is 13.0. The van der Waals surface area contributed by atoms with E-state index in [9.17, 15) is 18.0 Å². The first kappa shape index (κ1) is 18.5. The number of nitrogens with one attached hydrogen (secondary N) is 1. The number of hydrogen-bond acceptors (Lipinski definition) is 3. The normalized spacial score (nSPS) is 23.1. The van der Waals surface area contributed by atoms with Gasteiger partial charge in [0.1, 0.15) is 0 Å². The molecule has 1 N–H and O–H groups in total. The van der Waals surface area contributed by atoms with E-state index in [1.807, 2.05) is 4.90 Å². The number of benzene rings is 1. The van der Waals surface area contributed by atoms with Crippen LogP contribution < -0.4 is 5.32 Å². The summed E-state index contributed by atoms with van der Waals surface area (Å²) in [6.07, 6.45) is -2.54. The van der Waals surface area contributed by atoms with E-state index in [4.69, 9.17) is 11.6 Å². The van der Waals surface area contributed by atoms with Crippen LogP contribution in [0, 0.1) is 0 Å². The van der Waals surface area contributed by atoms with E-state index in [1.54, 1.807) is 6.07 Å². The summed E-state index contributed by atoms with van der Waals surface area (Å²) in [6, 6.07) is 3.82. The average Bonchev–Trinajstić information content (AvgIpc) is 2.54. The minimum Gasteiger partial charge on any atom is -0.336 e. The van der Waals surface area contributed by atoms with E-state index in [1.165, 1.54) is 0 Å². The fourth-order valence-corrected chi connectivity index (χ4v) is 3.86. The predicted molar refractivity (Wildman–Crippen MR) is 89.3 cm³/mol. The number of hydrogen-bond donors (Lipinski definition) is 1. The Morgan fingerprint density at radius 2 is 2.04 bits per heavy atom. The number of rotatable bonds is 3. The number of amides is 1. The zero-order valence-corrected chi connectivity index (χ0v) is 14.5. The standard InChI is InChI=1S/C17H21ClF3N3O/c18-14-7-12(6-13(8-14)17(19,20)21)10-23-4-1-2-15(11-23)24-5-3-22-9-16(24)25/h6-8,15,22H,1-5,9-11H2. The molecule has 1 aromatic carbocycles. The van der Waals surface area contributed by atoms with Crippen molar-refractivity contribution in [2.24, 2.45) is 0 Å². The van der Waals surface area contributed by atoms with Crippen molar-refractivity contribution < 1.29 is 18.0 Å². The highest BCUT2D eigenvalue weighted by molar-refractivity contribution is 6.30. The number of carbonyl (C=O) groups excluding carboxylic acids is 1. The number of piperazine rings is 1. The molecule has 0 saturated carbocycles. The molecular weight excluding hydrogens is 355 g/mol. The van der Waals surface area contributed by atoms with Crippen LogP contribution in [0.2, 0.25) is 5.02 Å². The molecule has 1 aromatic rings. The summed E-state index contributed by atoms with van der Waals surface area (Å²) in [7, 11) is 0. The Morgan fingerprint density at radius 3 is 2.76 bits per heavy atom. The van der Waals surface area contributed by atoms with Crippen molar-refractivity contribution in [3.8, 4) is 0 Å². The summed E-state index contributed by atoms with van der Waals surface area (Å²) >= 11 is 5.86. The van der Waals surface area contributed by atoms with Crippen LogP contribution in [0.3, 0.4) is 0 Å². The molecule has 2 heterocycles. The average molecular weight is 376 g/mol. The molecule has 1 atom stereocenters. The maximum Gasteiger partial charge on any atom is 0.416 e. The lowest BCUT2D eigenvalue weighted by Crippen LogP contribution is -2.56. The summed E-state index contributed by atoms with van der Waals surface area (Å²) in [5.74, 6) is 0.0974. The van der Waals surface area contributed by atoms with Gasteiger partial charge in [-0.1, -0.05) is 11.6 Å². The second kappa shape index (κ2) is 7.51. The van der Waals surface area contributed by atoms with Gasteiger partial charge in [-0.05, 0) is 43.1 Å². The van der Waals surface area contributed by atoms with Crippen LogP contribution in [0.4, 0.5) is 13.2 Å². The molecule has 4 nitrogen and oxygen atoms in total. The highest BCUT2D eigenvalue weighted by Crippen LogP contribution is 2.32. The molecule has 0 radical (unpaired) electrons. The van der Waals surface area contributed by atoms with Crippen LogP contribution in [-0.2, 0) is 17.5 Å². The largest absolute Gasteiger partial charge is 0.416 e. The molecule has 0 spiro atoms. The Balaban J connectivity index is 1.68. The van der Waals surface area contributed by atoms with Crippen LogP contribution in [0.5, 0.6) is 0 Å². The molecule has 0 aromatic heterocycles. The van der Waals surface area contributed by atoms with Gasteiger partial charge >= 0.3 is 6.18 Å².